The minimum atomic E-state index is -0.820. The number of aromatic nitrogens is 2. The van der Waals surface area contributed by atoms with Gasteiger partial charge in [-0.3, -0.25) is 9.59 Å². The zero-order valence-electron chi connectivity index (χ0n) is 16.8. The van der Waals surface area contributed by atoms with Crippen LogP contribution in [0, 0.1) is 6.92 Å². The summed E-state index contributed by atoms with van der Waals surface area (Å²) in [4.78, 5) is 25.1. The predicted molar refractivity (Wildman–Crippen MR) is 112 cm³/mol. The van der Waals surface area contributed by atoms with E-state index in [9.17, 15) is 9.59 Å². The highest BCUT2D eigenvalue weighted by atomic mass is 16.5. The number of carbonyl (C=O) groups excluding carboxylic acids is 1. The van der Waals surface area contributed by atoms with Crippen LogP contribution in [0.4, 0.5) is 5.69 Å². The summed E-state index contributed by atoms with van der Waals surface area (Å²) in [5.41, 5.74) is 2.74. The summed E-state index contributed by atoms with van der Waals surface area (Å²) < 4.78 is 11.7. The van der Waals surface area contributed by atoms with Crippen molar-refractivity contribution < 1.29 is 14.3 Å². The molecular formula is C22H23N3O4. The number of hydrogen-bond acceptors (Lipinski definition) is 5. The lowest BCUT2D eigenvalue weighted by Crippen LogP contribution is -2.33. The van der Waals surface area contributed by atoms with Gasteiger partial charge in [0, 0.05) is 17.7 Å². The van der Waals surface area contributed by atoms with Gasteiger partial charge in [0.2, 0.25) is 5.91 Å². The number of nitrogens with zero attached hydrogens (tertiary/aromatic N) is 2. The van der Waals surface area contributed by atoms with Crippen LogP contribution in [0.1, 0.15) is 18.5 Å². The van der Waals surface area contributed by atoms with Crippen LogP contribution < -0.4 is 20.3 Å². The Labute approximate surface area is 168 Å². The normalized spacial score (nSPS) is 11.6. The van der Waals surface area contributed by atoms with Crippen LogP contribution in [0.3, 0.4) is 0 Å². The number of rotatable bonds is 6. The number of carbonyl (C=O) groups is 1. The van der Waals surface area contributed by atoms with E-state index in [1.54, 1.807) is 38.3 Å². The van der Waals surface area contributed by atoms with E-state index >= 15 is 0 Å². The topological polar surface area (TPSA) is 82.5 Å². The van der Waals surface area contributed by atoms with E-state index in [-0.39, 0.29) is 11.5 Å². The van der Waals surface area contributed by atoms with Gasteiger partial charge in [0.25, 0.3) is 5.56 Å². The molecule has 1 N–H and O–H groups in total. The summed E-state index contributed by atoms with van der Waals surface area (Å²) >= 11 is 0. The van der Waals surface area contributed by atoms with Crippen LogP contribution >= 0.6 is 0 Å². The molecule has 3 aromatic rings. The molecule has 7 nitrogen and oxygen atoms in total. The van der Waals surface area contributed by atoms with Crippen molar-refractivity contribution in [3.05, 3.63) is 70.5 Å². The fourth-order valence-electron chi connectivity index (χ4n) is 2.83. The minimum absolute atomic E-state index is 0.356. The predicted octanol–water partition coefficient (Wildman–Crippen LogP) is 3.44. The van der Waals surface area contributed by atoms with Gasteiger partial charge in [0.1, 0.15) is 17.5 Å². The summed E-state index contributed by atoms with van der Waals surface area (Å²) in [6, 6.07) is 15.1. The van der Waals surface area contributed by atoms with Crippen molar-refractivity contribution in [2.75, 3.05) is 19.5 Å². The molecule has 3 rings (SSSR count). The van der Waals surface area contributed by atoms with E-state index in [0.717, 1.165) is 11.1 Å². The maximum Gasteiger partial charge on any atom is 0.267 e. The Balaban J connectivity index is 1.87. The van der Waals surface area contributed by atoms with Crippen molar-refractivity contribution in [2.24, 2.45) is 0 Å². The smallest absolute Gasteiger partial charge is 0.267 e. The van der Waals surface area contributed by atoms with Crippen molar-refractivity contribution in [1.82, 2.24) is 9.78 Å². The van der Waals surface area contributed by atoms with Crippen LogP contribution in [-0.2, 0) is 4.79 Å². The number of aryl methyl sites for hydroxylation is 1. The van der Waals surface area contributed by atoms with Crippen molar-refractivity contribution in [2.45, 2.75) is 19.9 Å². The molecule has 1 aromatic heterocycles. The first-order valence-electron chi connectivity index (χ1n) is 9.12. The monoisotopic (exact) mass is 393 g/mol. The third-order valence-corrected chi connectivity index (χ3v) is 4.59. The Hall–Kier alpha value is -3.61. The van der Waals surface area contributed by atoms with Crippen molar-refractivity contribution in [1.29, 1.82) is 0 Å². The van der Waals surface area contributed by atoms with Gasteiger partial charge in [-0.2, -0.15) is 5.10 Å². The number of ether oxygens (including phenoxy) is 2. The molecule has 1 atom stereocenters. The molecule has 7 heteroatoms. The summed E-state index contributed by atoms with van der Waals surface area (Å²) in [6.45, 7) is 3.62. The molecule has 0 fully saturated rings. The lowest BCUT2D eigenvalue weighted by Gasteiger charge is -2.17. The highest BCUT2D eigenvalue weighted by Crippen LogP contribution is 2.29. The fourth-order valence-corrected chi connectivity index (χ4v) is 2.83. The third kappa shape index (κ3) is 4.45. The van der Waals surface area contributed by atoms with Gasteiger partial charge in [-0.05, 0) is 32.0 Å². The molecule has 1 amide bonds. The molecule has 1 heterocycles. The maximum atomic E-state index is 12.8. The van der Waals surface area contributed by atoms with Crippen LogP contribution in [0.2, 0.25) is 0 Å². The molecule has 0 saturated heterocycles. The average Bonchev–Trinajstić information content (AvgIpc) is 2.74. The van der Waals surface area contributed by atoms with Crippen LogP contribution in [0.25, 0.3) is 11.3 Å². The largest absolute Gasteiger partial charge is 0.497 e. The molecule has 0 saturated carbocycles. The Bertz CT molecular complexity index is 1070. The fraction of sp³-hybridized carbons (Fsp3) is 0.227. The number of anilines is 1. The lowest BCUT2D eigenvalue weighted by molar-refractivity contribution is -0.119. The van der Waals surface area contributed by atoms with Crippen molar-refractivity contribution in [3.63, 3.8) is 0 Å². The summed E-state index contributed by atoms with van der Waals surface area (Å²) in [5.74, 6) is 0.680. The van der Waals surface area contributed by atoms with E-state index in [4.69, 9.17) is 9.47 Å². The summed E-state index contributed by atoms with van der Waals surface area (Å²) in [7, 11) is 3.05. The molecule has 150 valence electrons. The van der Waals surface area contributed by atoms with Gasteiger partial charge in [0.15, 0.2) is 0 Å². The minimum Gasteiger partial charge on any atom is -0.497 e. The Morgan fingerprint density at radius 2 is 1.76 bits per heavy atom. The second-order valence-corrected chi connectivity index (χ2v) is 6.60. The molecule has 0 bridgehead atoms. The maximum absolute atomic E-state index is 12.8. The second kappa shape index (κ2) is 8.60. The van der Waals surface area contributed by atoms with Gasteiger partial charge < -0.3 is 14.8 Å². The van der Waals surface area contributed by atoms with Crippen molar-refractivity contribution >= 4 is 11.6 Å². The molecule has 2 aromatic carbocycles. The van der Waals surface area contributed by atoms with E-state index in [2.05, 4.69) is 10.4 Å². The first-order valence-corrected chi connectivity index (χ1v) is 9.12. The lowest BCUT2D eigenvalue weighted by atomic mass is 10.1. The quantitative estimate of drug-likeness (QED) is 0.694. The molecular weight excluding hydrogens is 370 g/mol. The van der Waals surface area contributed by atoms with Gasteiger partial charge in [-0.15, -0.1) is 0 Å². The van der Waals surface area contributed by atoms with Gasteiger partial charge in [-0.1, -0.05) is 29.8 Å². The highest BCUT2D eigenvalue weighted by Gasteiger charge is 2.20. The van der Waals surface area contributed by atoms with Crippen LogP contribution in [0.5, 0.6) is 11.5 Å². The number of nitrogens with one attached hydrogen (secondary N) is 1. The molecule has 0 spiro atoms. The molecule has 0 aliphatic carbocycles. The number of amides is 1. The number of methoxy groups -OCH3 is 2. The molecule has 0 aliphatic heterocycles. The zero-order chi connectivity index (χ0) is 21.0. The summed E-state index contributed by atoms with van der Waals surface area (Å²) in [5, 5.41) is 7.18. The van der Waals surface area contributed by atoms with E-state index in [1.165, 1.54) is 17.9 Å². The highest BCUT2D eigenvalue weighted by molar-refractivity contribution is 5.94. The van der Waals surface area contributed by atoms with Crippen molar-refractivity contribution in [3.8, 4) is 22.8 Å². The first-order chi connectivity index (χ1) is 13.9. The Morgan fingerprint density at radius 1 is 1.03 bits per heavy atom. The third-order valence-electron chi connectivity index (χ3n) is 4.59. The van der Waals surface area contributed by atoms with Crippen LogP contribution in [0.15, 0.2) is 59.4 Å². The Kier molecular flexibility index (Phi) is 5.97. The van der Waals surface area contributed by atoms with Crippen LogP contribution in [-0.4, -0.2) is 29.9 Å². The first kappa shape index (κ1) is 20.1. The van der Waals surface area contributed by atoms with Gasteiger partial charge in [0.05, 0.1) is 25.6 Å². The van der Waals surface area contributed by atoms with E-state index in [1.807, 2.05) is 31.2 Å². The summed E-state index contributed by atoms with van der Waals surface area (Å²) in [6.07, 6.45) is 0. The van der Waals surface area contributed by atoms with Gasteiger partial charge >= 0.3 is 0 Å². The van der Waals surface area contributed by atoms with E-state index in [0.29, 0.717) is 22.9 Å². The standard InChI is InChI=1S/C22H23N3O4/c1-14-5-7-16(8-6-14)18-11-12-21(26)25(24-18)15(2)22(27)23-19-10-9-17(28-3)13-20(19)29-4/h5-13,15H,1-4H3,(H,23,27). The number of benzene rings is 2. The molecule has 0 aliphatic rings. The zero-order valence-corrected chi connectivity index (χ0v) is 16.8. The molecule has 29 heavy (non-hydrogen) atoms. The number of hydrogen-bond donors (Lipinski definition) is 1. The molecule has 1 unspecified atom stereocenters. The SMILES string of the molecule is COc1ccc(NC(=O)C(C)n2nc(-c3ccc(C)cc3)ccc2=O)c(OC)c1. The second-order valence-electron chi connectivity index (χ2n) is 6.60. The average molecular weight is 393 g/mol. The van der Waals surface area contributed by atoms with E-state index < -0.39 is 6.04 Å². The van der Waals surface area contributed by atoms with Gasteiger partial charge in [-0.25, -0.2) is 4.68 Å². The molecule has 0 radical (unpaired) electrons. The Morgan fingerprint density at radius 3 is 2.41 bits per heavy atom.